The van der Waals surface area contributed by atoms with Gasteiger partial charge in [0, 0.05) is 51.4 Å². The van der Waals surface area contributed by atoms with Gasteiger partial charge in [0.25, 0.3) is 0 Å². The summed E-state index contributed by atoms with van der Waals surface area (Å²) in [5.41, 5.74) is 1.27. The second-order valence-electron chi connectivity index (χ2n) is 11.2. The Labute approximate surface area is 251 Å². The standard InChI is InChI=1S/C31H37N5O6S/c1-34-15-17-35(18-16-34)31(40)32-26-11-8-22(9-12-26)19-28(30(38)39)33-29(37)25-7-4-14-36(21-25)43(41,42)27-13-10-23-5-2-3-6-24(23)20-27/h2-3,5-6,8-13,20,25,28H,4,7,14-19,21H2,1H3,(H,32,40)(H,33,37)(H,38,39)/t25?,28-/m0/s1. The van der Waals surface area contributed by atoms with Gasteiger partial charge in [0.05, 0.1) is 10.8 Å². The highest BCUT2D eigenvalue weighted by Gasteiger charge is 2.35. The number of anilines is 1. The van der Waals surface area contributed by atoms with E-state index in [-0.39, 0.29) is 23.9 Å². The van der Waals surface area contributed by atoms with Crippen molar-refractivity contribution in [3.8, 4) is 0 Å². The number of nitrogens with zero attached hydrogens (tertiary/aromatic N) is 3. The molecule has 1 unspecified atom stereocenters. The van der Waals surface area contributed by atoms with Crippen LogP contribution in [0.15, 0.2) is 71.6 Å². The number of benzene rings is 3. The van der Waals surface area contributed by atoms with Crippen LogP contribution in [-0.4, -0.2) is 97.9 Å². The monoisotopic (exact) mass is 607 g/mol. The van der Waals surface area contributed by atoms with Gasteiger partial charge in [0.2, 0.25) is 15.9 Å². The molecule has 2 heterocycles. The van der Waals surface area contributed by atoms with Crippen molar-refractivity contribution in [1.82, 2.24) is 19.4 Å². The average Bonchev–Trinajstić information content (AvgIpc) is 3.01. The molecular formula is C31H37N5O6S. The maximum absolute atomic E-state index is 13.4. The molecule has 2 fully saturated rings. The van der Waals surface area contributed by atoms with Crippen molar-refractivity contribution in [1.29, 1.82) is 0 Å². The summed E-state index contributed by atoms with van der Waals surface area (Å²) in [6.45, 7) is 3.19. The normalized spacial score (nSPS) is 19.1. The molecule has 3 N–H and O–H groups in total. The second kappa shape index (κ2) is 13.1. The van der Waals surface area contributed by atoms with E-state index in [0.29, 0.717) is 43.7 Å². The summed E-state index contributed by atoms with van der Waals surface area (Å²) >= 11 is 0. The van der Waals surface area contributed by atoms with Gasteiger partial charge in [-0.2, -0.15) is 4.31 Å². The molecule has 43 heavy (non-hydrogen) atoms. The fourth-order valence-corrected chi connectivity index (χ4v) is 7.07. The molecule has 0 saturated carbocycles. The largest absolute Gasteiger partial charge is 0.480 e. The van der Waals surface area contributed by atoms with Gasteiger partial charge in [-0.1, -0.05) is 42.5 Å². The number of rotatable bonds is 8. The molecule has 12 heteroatoms. The molecule has 0 bridgehead atoms. The summed E-state index contributed by atoms with van der Waals surface area (Å²) in [6.07, 6.45) is 0.993. The maximum atomic E-state index is 13.4. The van der Waals surface area contributed by atoms with Gasteiger partial charge in [-0.3, -0.25) is 4.79 Å². The van der Waals surface area contributed by atoms with Crippen molar-refractivity contribution in [3.63, 3.8) is 0 Å². The Morgan fingerprint density at radius 1 is 0.930 bits per heavy atom. The first-order valence-corrected chi connectivity index (χ1v) is 15.9. The van der Waals surface area contributed by atoms with Crippen LogP contribution in [0.5, 0.6) is 0 Å². The number of aliphatic carboxylic acids is 1. The number of carboxylic acids is 1. The molecule has 11 nitrogen and oxygen atoms in total. The molecule has 3 aromatic rings. The number of hydrogen-bond acceptors (Lipinski definition) is 6. The Hall–Kier alpha value is -4.00. The van der Waals surface area contributed by atoms with E-state index in [2.05, 4.69) is 15.5 Å². The van der Waals surface area contributed by atoms with Gasteiger partial charge in [0.1, 0.15) is 6.04 Å². The Kier molecular flexibility index (Phi) is 9.28. The minimum atomic E-state index is -3.83. The summed E-state index contributed by atoms with van der Waals surface area (Å²) in [7, 11) is -1.82. The smallest absolute Gasteiger partial charge is 0.326 e. The molecule has 2 aliphatic heterocycles. The second-order valence-corrected chi connectivity index (χ2v) is 13.2. The van der Waals surface area contributed by atoms with Gasteiger partial charge in [-0.15, -0.1) is 0 Å². The Bertz CT molecular complexity index is 1590. The first kappa shape index (κ1) is 30.5. The van der Waals surface area contributed by atoms with Gasteiger partial charge in [-0.25, -0.2) is 18.0 Å². The lowest BCUT2D eigenvalue weighted by atomic mass is 9.97. The summed E-state index contributed by atoms with van der Waals surface area (Å²) < 4.78 is 28.2. The lowest BCUT2D eigenvalue weighted by Crippen LogP contribution is -2.50. The number of sulfonamides is 1. The zero-order valence-electron chi connectivity index (χ0n) is 24.1. The van der Waals surface area contributed by atoms with Gasteiger partial charge in [-0.05, 0) is 60.5 Å². The minimum absolute atomic E-state index is 0.0188. The van der Waals surface area contributed by atoms with Crippen LogP contribution in [0, 0.1) is 5.92 Å². The first-order valence-electron chi connectivity index (χ1n) is 14.5. The fourth-order valence-electron chi connectivity index (χ4n) is 5.51. The van der Waals surface area contributed by atoms with Gasteiger partial charge in [0.15, 0.2) is 0 Å². The van der Waals surface area contributed by atoms with Crippen LogP contribution in [0.2, 0.25) is 0 Å². The summed E-state index contributed by atoms with van der Waals surface area (Å²) in [5.74, 6) is -2.34. The number of piperazine rings is 1. The summed E-state index contributed by atoms with van der Waals surface area (Å²) in [5, 5.41) is 17.1. The van der Waals surface area contributed by atoms with E-state index in [4.69, 9.17) is 0 Å². The van der Waals surface area contributed by atoms with Crippen molar-refractivity contribution in [3.05, 3.63) is 72.3 Å². The molecule has 0 spiro atoms. The number of carbonyl (C=O) groups excluding carboxylic acids is 2. The Morgan fingerprint density at radius 2 is 1.63 bits per heavy atom. The van der Waals surface area contributed by atoms with E-state index < -0.39 is 33.9 Å². The Morgan fingerprint density at radius 3 is 2.33 bits per heavy atom. The summed E-state index contributed by atoms with van der Waals surface area (Å²) in [4.78, 5) is 41.9. The molecule has 2 saturated heterocycles. The average molecular weight is 608 g/mol. The van der Waals surface area contributed by atoms with Crippen molar-refractivity contribution >= 4 is 44.4 Å². The highest BCUT2D eigenvalue weighted by atomic mass is 32.2. The van der Waals surface area contributed by atoms with Crippen molar-refractivity contribution in [2.75, 3.05) is 51.6 Å². The quantitative estimate of drug-likeness (QED) is 0.358. The first-order chi connectivity index (χ1) is 20.6. The molecule has 228 valence electrons. The van der Waals surface area contributed by atoms with Crippen LogP contribution < -0.4 is 10.6 Å². The SMILES string of the molecule is CN1CCN(C(=O)Nc2ccc(C[C@H](NC(=O)C3CCCN(S(=O)(=O)c4ccc5ccccc5c4)C3)C(=O)O)cc2)CC1. The predicted molar refractivity (Wildman–Crippen MR) is 163 cm³/mol. The number of carbonyl (C=O) groups is 3. The van der Waals surface area contributed by atoms with E-state index >= 15 is 0 Å². The van der Waals surface area contributed by atoms with Crippen LogP contribution in [0.3, 0.4) is 0 Å². The van der Waals surface area contributed by atoms with Crippen LogP contribution in [0.1, 0.15) is 18.4 Å². The molecule has 5 rings (SSSR count). The van der Waals surface area contributed by atoms with Crippen molar-refractivity contribution < 1.29 is 27.9 Å². The number of amides is 3. The Balaban J connectivity index is 1.18. The van der Waals surface area contributed by atoms with Crippen molar-refractivity contribution in [2.45, 2.75) is 30.2 Å². The lowest BCUT2D eigenvalue weighted by molar-refractivity contribution is -0.142. The van der Waals surface area contributed by atoms with Crippen LogP contribution in [0.4, 0.5) is 10.5 Å². The number of carboxylic acid groups (broad SMARTS) is 1. The molecule has 3 amide bonds. The number of hydrogen-bond donors (Lipinski definition) is 3. The van der Waals surface area contributed by atoms with E-state index in [1.807, 2.05) is 31.3 Å². The zero-order chi connectivity index (χ0) is 30.6. The highest BCUT2D eigenvalue weighted by molar-refractivity contribution is 7.89. The third-order valence-electron chi connectivity index (χ3n) is 8.16. The van der Waals surface area contributed by atoms with Crippen LogP contribution >= 0.6 is 0 Å². The number of fused-ring (bicyclic) bond motifs is 1. The van der Waals surface area contributed by atoms with Gasteiger partial charge >= 0.3 is 12.0 Å². The minimum Gasteiger partial charge on any atom is -0.480 e. The maximum Gasteiger partial charge on any atom is 0.326 e. The number of nitrogens with one attached hydrogen (secondary N) is 2. The van der Waals surface area contributed by atoms with E-state index in [1.54, 1.807) is 47.4 Å². The van der Waals surface area contributed by atoms with E-state index in [0.717, 1.165) is 23.9 Å². The predicted octanol–water partition coefficient (Wildman–Crippen LogP) is 2.83. The molecule has 0 aromatic heterocycles. The molecule has 2 atom stereocenters. The number of likely N-dealkylation sites (N-methyl/N-ethyl adjacent to an activating group) is 1. The van der Waals surface area contributed by atoms with Crippen LogP contribution in [-0.2, 0) is 26.0 Å². The third-order valence-corrected chi connectivity index (χ3v) is 10.0. The van der Waals surface area contributed by atoms with Crippen LogP contribution in [0.25, 0.3) is 10.8 Å². The third kappa shape index (κ3) is 7.32. The topological polar surface area (TPSA) is 139 Å². The van der Waals surface area contributed by atoms with Gasteiger partial charge < -0.3 is 25.5 Å². The molecular weight excluding hydrogens is 570 g/mol. The van der Waals surface area contributed by atoms with E-state index in [1.165, 1.54) is 4.31 Å². The zero-order valence-corrected chi connectivity index (χ0v) is 24.9. The number of piperidine rings is 1. The number of urea groups is 1. The molecule has 3 aromatic carbocycles. The molecule has 0 radical (unpaired) electrons. The summed E-state index contributed by atoms with van der Waals surface area (Å²) in [6, 6.07) is 18.0. The fraction of sp³-hybridized carbons (Fsp3) is 0.387. The van der Waals surface area contributed by atoms with E-state index in [9.17, 15) is 27.9 Å². The highest BCUT2D eigenvalue weighted by Crippen LogP contribution is 2.26. The molecule has 0 aliphatic carbocycles. The van der Waals surface area contributed by atoms with Crippen molar-refractivity contribution in [2.24, 2.45) is 5.92 Å². The molecule has 2 aliphatic rings. The lowest BCUT2D eigenvalue weighted by Gasteiger charge is -2.32.